The van der Waals surface area contributed by atoms with Crippen molar-refractivity contribution in [2.24, 2.45) is 0 Å². The van der Waals surface area contributed by atoms with E-state index in [1.165, 1.54) is 11.1 Å². The minimum absolute atomic E-state index is 0.00599. The first-order chi connectivity index (χ1) is 15.7. The molecule has 0 bridgehead atoms. The Hall–Kier alpha value is -3.00. The Balaban J connectivity index is 1.44. The average molecular weight is 450 g/mol. The predicted molar refractivity (Wildman–Crippen MR) is 124 cm³/mol. The minimum atomic E-state index is -0.225. The smallest absolute Gasteiger partial charge is 0.226 e. The zero-order valence-corrected chi connectivity index (χ0v) is 18.2. The van der Waals surface area contributed by atoms with Crippen LogP contribution in [0.1, 0.15) is 36.1 Å². The van der Waals surface area contributed by atoms with Gasteiger partial charge in [0, 0.05) is 12.5 Å². The summed E-state index contributed by atoms with van der Waals surface area (Å²) in [5, 5.41) is 13.0. The lowest BCUT2D eigenvalue weighted by Crippen LogP contribution is -2.16. The van der Waals surface area contributed by atoms with Crippen LogP contribution in [-0.4, -0.2) is 43.9 Å². The summed E-state index contributed by atoms with van der Waals surface area (Å²) in [7, 11) is 0. The van der Waals surface area contributed by atoms with Crippen molar-refractivity contribution in [3.63, 3.8) is 0 Å². The highest BCUT2D eigenvalue weighted by atomic mass is 35.5. The molecule has 1 aliphatic heterocycles. The number of hydrogen-bond acceptors (Lipinski definition) is 6. The maximum absolute atomic E-state index is 9.39. The van der Waals surface area contributed by atoms with Crippen molar-refractivity contribution in [1.29, 1.82) is 0 Å². The molecule has 7 nitrogen and oxygen atoms in total. The lowest BCUT2D eigenvalue weighted by atomic mass is 9.91. The Bertz CT molecular complexity index is 1150. The van der Waals surface area contributed by atoms with E-state index in [4.69, 9.17) is 16.3 Å². The number of ether oxygens (including phenoxy) is 1. The highest BCUT2D eigenvalue weighted by Crippen LogP contribution is 2.32. The normalized spacial score (nSPS) is 18.5. The summed E-state index contributed by atoms with van der Waals surface area (Å²) in [5.74, 6) is 0.721. The first-order valence-corrected chi connectivity index (χ1v) is 11.1. The number of rotatable bonds is 7. The Morgan fingerprint density at radius 2 is 1.72 bits per heavy atom. The quantitative estimate of drug-likeness (QED) is 0.407. The monoisotopic (exact) mass is 449 g/mol. The summed E-state index contributed by atoms with van der Waals surface area (Å²) < 4.78 is 7.78. The number of aromatic nitrogens is 4. The van der Waals surface area contributed by atoms with Gasteiger partial charge in [-0.1, -0.05) is 60.7 Å². The van der Waals surface area contributed by atoms with E-state index in [0.29, 0.717) is 23.5 Å². The fraction of sp³-hybridized carbons (Fsp3) is 0.292. The number of nitrogens with zero attached hydrogens (tertiary/aromatic N) is 4. The molecule has 0 radical (unpaired) electrons. The average Bonchev–Trinajstić information content (AvgIpc) is 3.47. The maximum atomic E-state index is 9.39. The maximum Gasteiger partial charge on any atom is 0.226 e. The molecule has 3 heterocycles. The molecule has 2 aromatic heterocycles. The molecule has 2 atom stereocenters. The third kappa shape index (κ3) is 4.19. The summed E-state index contributed by atoms with van der Waals surface area (Å²) in [4.78, 5) is 13.4. The first-order valence-electron chi connectivity index (χ1n) is 10.7. The third-order valence-electron chi connectivity index (χ3n) is 5.87. The molecule has 1 saturated heterocycles. The van der Waals surface area contributed by atoms with Gasteiger partial charge in [0.1, 0.15) is 6.23 Å². The second-order valence-electron chi connectivity index (χ2n) is 7.89. The molecule has 0 aliphatic carbocycles. The molecular formula is C24H24ClN5O2. The van der Waals surface area contributed by atoms with Crippen LogP contribution >= 0.6 is 11.6 Å². The van der Waals surface area contributed by atoms with E-state index in [1.54, 1.807) is 6.33 Å². The van der Waals surface area contributed by atoms with Crippen molar-refractivity contribution in [3.05, 3.63) is 83.4 Å². The SMILES string of the molecule is OC[C@@H]1CC[C@H](n2cnc3c(NCC(c4ccccc4)c4ccccc4)nc(Cl)nc32)O1. The fourth-order valence-electron chi connectivity index (χ4n) is 4.25. The Morgan fingerprint density at radius 3 is 2.34 bits per heavy atom. The summed E-state index contributed by atoms with van der Waals surface area (Å²) >= 11 is 6.28. The van der Waals surface area contributed by atoms with Crippen molar-refractivity contribution in [2.45, 2.75) is 31.1 Å². The molecule has 8 heteroatoms. The van der Waals surface area contributed by atoms with Crippen molar-refractivity contribution in [1.82, 2.24) is 19.5 Å². The van der Waals surface area contributed by atoms with Crippen molar-refractivity contribution in [2.75, 3.05) is 18.5 Å². The Labute approximate surface area is 191 Å². The number of hydrogen-bond donors (Lipinski definition) is 2. The number of halogens is 1. The molecule has 1 fully saturated rings. The van der Waals surface area contributed by atoms with E-state index in [0.717, 1.165) is 12.8 Å². The van der Waals surface area contributed by atoms with Gasteiger partial charge in [-0.2, -0.15) is 9.97 Å². The Morgan fingerprint density at radius 1 is 1.03 bits per heavy atom. The van der Waals surface area contributed by atoms with Crippen LogP contribution in [0.4, 0.5) is 5.82 Å². The van der Waals surface area contributed by atoms with Gasteiger partial charge in [-0.05, 0) is 35.6 Å². The topological polar surface area (TPSA) is 85.1 Å². The van der Waals surface area contributed by atoms with Gasteiger partial charge in [0.15, 0.2) is 17.0 Å². The van der Waals surface area contributed by atoms with E-state index in [2.05, 4.69) is 44.5 Å². The lowest BCUT2D eigenvalue weighted by molar-refractivity contribution is -0.0207. The summed E-state index contributed by atoms with van der Waals surface area (Å²) in [5.41, 5.74) is 3.68. The first kappa shape index (κ1) is 20.9. The molecule has 0 amide bonds. The molecule has 0 unspecified atom stereocenters. The second-order valence-corrected chi connectivity index (χ2v) is 8.23. The van der Waals surface area contributed by atoms with Gasteiger partial charge in [0.05, 0.1) is 19.0 Å². The van der Waals surface area contributed by atoms with E-state index in [-0.39, 0.29) is 30.1 Å². The number of aliphatic hydroxyl groups is 1. The van der Waals surface area contributed by atoms with E-state index in [9.17, 15) is 5.11 Å². The number of anilines is 1. The van der Waals surface area contributed by atoms with Crippen LogP contribution in [0.15, 0.2) is 67.0 Å². The van der Waals surface area contributed by atoms with Gasteiger partial charge in [0.2, 0.25) is 5.28 Å². The van der Waals surface area contributed by atoms with Gasteiger partial charge in [-0.3, -0.25) is 4.57 Å². The molecule has 2 aromatic carbocycles. The predicted octanol–water partition coefficient (Wildman–Crippen LogP) is 4.39. The van der Waals surface area contributed by atoms with E-state index < -0.39 is 0 Å². The molecule has 1 aliphatic rings. The standard InChI is InChI=1S/C24H24ClN5O2/c25-24-28-22(21-23(29-24)30(15-27-21)20-12-11-18(14-31)32-20)26-13-19(16-7-3-1-4-8-16)17-9-5-2-6-10-17/h1-10,15,18-20,31H,11-14H2,(H,26,28,29)/t18-,20+/m0/s1. The molecule has 0 spiro atoms. The highest BCUT2D eigenvalue weighted by Gasteiger charge is 2.28. The van der Waals surface area contributed by atoms with E-state index >= 15 is 0 Å². The molecule has 32 heavy (non-hydrogen) atoms. The Kier molecular flexibility index (Phi) is 6.03. The molecule has 0 saturated carbocycles. The van der Waals surface area contributed by atoms with Gasteiger partial charge in [-0.25, -0.2) is 4.98 Å². The zero-order valence-electron chi connectivity index (χ0n) is 17.4. The number of imidazole rings is 1. The lowest BCUT2D eigenvalue weighted by Gasteiger charge is -2.19. The summed E-state index contributed by atoms with van der Waals surface area (Å²) in [6.07, 6.45) is 2.89. The minimum Gasteiger partial charge on any atom is -0.394 e. The van der Waals surface area contributed by atoms with Gasteiger partial charge >= 0.3 is 0 Å². The van der Waals surface area contributed by atoms with Crippen LogP contribution in [0.25, 0.3) is 11.2 Å². The number of fused-ring (bicyclic) bond motifs is 1. The highest BCUT2D eigenvalue weighted by molar-refractivity contribution is 6.28. The van der Waals surface area contributed by atoms with Crippen LogP contribution in [0, 0.1) is 0 Å². The van der Waals surface area contributed by atoms with Gasteiger partial charge in [0.25, 0.3) is 0 Å². The van der Waals surface area contributed by atoms with Gasteiger partial charge in [-0.15, -0.1) is 0 Å². The van der Waals surface area contributed by atoms with Crippen LogP contribution in [0.2, 0.25) is 5.28 Å². The second kappa shape index (κ2) is 9.24. The number of benzene rings is 2. The summed E-state index contributed by atoms with van der Waals surface area (Å²) in [6, 6.07) is 20.8. The van der Waals surface area contributed by atoms with Crippen molar-refractivity contribution < 1.29 is 9.84 Å². The fourth-order valence-corrected chi connectivity index (χ4v) is 4.41. The van der Waals surface area contributed by atoms with Crippen LogP contribution in [0.5, 0.6) is 0 Å². The molecule has 5 rings (SSSR count). The molecule has 164 valence electrons. The largest absolute Gasteiger partial charge is 0.394 e. The van der Waals surface area contributed by atoms with E-state index in [1.807, 2.05) is 41.0 Å². The molecule has 2 N–H and O–H groups in total. The van der Waals surface area contributed by atoms with Crippen molar-refractivity contribution in [3.8, 4) is 0 Å². The number of nitrogens with one attached hydrogen (secondary N) is 1. The third-order valence-corrected chi connectivity index (χ3v) is 6.04. The van der Waals surface area contributed by atoms with Crippen LogP contribution in [-0.2, 0) is 4.74 Å². The molecule has 4 aromatic rings. The number of aliphatic hydroxyl groups excluding tert-OH is 1. The zero-order chi connectivity index (χ0) is 21.9. The summed E-state index contributed by atoms with van der Waals surface area (Å²) in [6.45, 7) is 0.627. The van der Waals surface area contributed by atoms with Gasteiger partial charge < -0.3 is 15.2 Å². The van der Waals surface area contributed by atoms with Crippen LogP contribution < -0.4 is 5.32 Å². The van der Waals surface area contributed by atoms with Crippen molar-refractivity contribution >= 4 is 28.6 Å². The van der Waals surface area contributed by atoms with Crippen LogP contribution in [0.3, 0.4) is 0 Å². The molecular weight excluding hydrogens is 426 g/mol.